The van der Waals surface area contributed by atoms with Crippen molar-refractivity contribution in [3.8, 4) is 16.9 Å². The van der Waals surface area contributed by atoms with Gasteiger partial charge in [0.15, 0.2) is 6.61 Å². The first-order valence-corrected chi connectivity index (χ1v) is 13.8. The highest BCUT2D eigenvalue weighted by molar-refractivity contribution is 14.1. The number of aliphatic hydroxyl groups excluding tert-OH is 1. The van der Waals surface area contributed by atoms with E-state index in [4.69, 9.17) is 4.74 Å². The van der Waals surface area contributed by atoms with Crippen LogP contribution in [-0.4, -0.2) is 35.4 Å². The van der Waals surface area contributed by atoms with Crippen LogP contribution < -0.4 is 10.3 Å². The number of aromatic nitrogens is 1. The molecular formula is C19H22F3INO3Si. The van der Waals surface area contributed by atoms with Gasteiger partial charge in [-0.3, -0.25) is 4.79 Å². The minimum absolute atomic E-state index is 0.114. The Balaban J connectivity index is 2.54. The molecular weight excluding hydrogens is 502 g/mol. The average Bonchev–Trinajstić information content (AvgIpc) is 2.63. The van der Waals surface area contributed by atoms with Gasteiger partial charge in [0.05, 0.1) is 6.61 Å². The summed E-state index contributed by atoms with van der Waals surface area (Å²) in [6.45, 7) is 2.28. The number of ether oxygens (including phenoxy) is 1. The molecule has 0 aliphatic rings. The molecule has 0 saturated heterocycles. The summed E-state index contributed by atoms with van der Waals surface area (Å²) in [5.74, 6) is 0.119. The van der Waals surface area contributed by atoms with Crippen molar-refractivity contribution in [2.24, 2.45) is 0 Å². The monoisotopic (exact) mass is 524 g/mol. The predicted octanol–water partition coefficient (Wildman–Crippen LogP) is 4.29. The fourth-order valence-electron chi connectivity index (χ4n) is 2.75. The van der Waals surface area contributed by atoms with E-state index in [0.717, 1.165) is 17.7 Å². The molecule has 1 N–H and O–H groups in total. The standard InChI is InChI=1S/C19H22F3INO3Si/c1-3-28(23)11-14-4-5-17(27-12-19(20,21)22)16(9-14)15-8-13(2)18(26)24(10-15)6-7-25/h4-5,8-10,25H,3,6-7,11-12H2,1-2H3. The number of halogens is 4. The maximum Gasteiger partial charge on any atom is 0.422 e. The number of benzene rings is 1. The van der Waals surface area contributed by atoms with Gasteiger partial charge < -0.3 is 14.4 Å². The second-order valence-corrected chi connectivity index (χ2v) is 13.1. The number of hydrogen-bond donors (Lipinski definition) is 1. The molecule has 1 aromatic heterocycles. The van der Waals surface area contributed by atoms with Crippen LogP contribution in [0.15, 0.2) is 35.3 Å². The first-order chi connectivity index (χ1) is 13.1. The zero-order valence-corrected chi connectivity index (χ0v) is 18.8. The van der Waals surface area contributed by atoms with Gasteiger partial charge in [-0.25, -0.2) is 0 Å². The van der Waals surface area contributed by atoms with Gasteiger partial charge in [-0.05, 0) is 36.7 Å². The highest BCUT2D eigenvalue weighted by Gasteiger charge is 2.29. The van der Waals surface area contributed by atoms with Crippen molar-refractivity contribution in [2.75, 3.05) is 13.2 Å². The van der Waals surface area contributed by atoms with E-state index in [1.807, 2.05) is 6.07 Å². The Hall–Kier alpha value is -1.33. The van der Waals surface area contributed by atoms with E-state index in [2.05, 4.69) is 28.7 Å². The van der Waals surface area contributed by atoms with Gasteiger partial charge in [-0.15, -0.1) is 21.8 Å². The third-order valence-corrected chi connectivity index (χ3v) is 9.12. The molecule has 153 valence electrons. The van der Waals surface area contributed by atoms with Gasteiger partial charge in [0.1, 0.15) is 12.0 Å². The lowest BCUT2D eigenvalue weighted by Crippen LogP contribution is -2.23. The van der Waals surface area contributed by atoms with E-state index in [0.29, 0.717) is 16.7 Å². The number of aryl methyl sites for hydroxylation is 1. The number of alkyl halides is 3. The Morgan fingerprint density at radius 2 is 2.00 bits per heavy atom. The Morgan fingerprint density at radius 1 is 1.29 bits per heavy atom. The fourth-order valence-corrected chi connectivity index (χ4v) is 4.99. The quantitative estimate of drug-likeness (QED) is 0.319. The van der Waals surface area contributed by atoms with Crippen molar-refractivity contribution < 1.29 is 23.0 Å². The zero-order chi connectivity index (χ0) is 20.9. The first kappa shape index (κ1) is 23.0. The lowest BCUT2D eigenvalue weighted by atomic mass is 10.0. The molecule has 2 rings (SSSR count). The minimum Gasteiger partial charge on any atom is -0.483 e. The van der Waals surface area contributed by atoms with Crippen LogP contribution in [0.25, 0.3) is 11.1 Å². The van der Waals surface area contributed by atoms with E-state index in [9.17, 15) is 23.1 Å². The Kier molecular flexibility index (Phi) is 8.14. The largest absolute Gasteiger partial charge is 0.483 e. The van der Waals surface area contributed by atoms with Crippen LogP contribution in [0.4, 0.5) is 13.2 Å². The van der Waals surface area contributed by atoms with Crippen LogP contribution in [0.1, 0.15) is 18.1 Å². The maximum absolute atomic E-state index is 12.7. The van der Waals surface area contributed by atoms with E-state index >= 15 is 0 Å². The number of hydrogen-bond acceptors (Lipinski definition) is 3. The van der Waals surface area contributed by atoms with Crippen molar-refractivity contribution in [3.05, 3.63) is 51.9 Å². The average molecular weight is 524 g/mol. The summed E-state index contributed by atoms with van der Waals surface area (Å²) in [7, 11) is 0. The van der Waals surface area contributed by atoms with E-state index in [1.165, 1.54) is 4.57 Å². The van der Waals surface area contributed by atoms with Crippen LogP contribution in [-0.2, 0) is 12.6 Å². The van der Waals surface area contributed by atoms with Gasteiger partial charge >= 0.3 is 6.18 Å². The predicted molar refractivity (Wildman–Crippen MR) is 113 cm³/mol. The summed E-state index contributed by atoms with van der Waals surface area (Å²) in [5, 5.41) is 9.19. The van der Waals surface area contributed by atoms with Crippen LogP contribution in [0.2, 0.25) is 6.04 Å². The van der Waals surface area contributed by atoms with Gasteiger partial charge in [0.25, 0.3) is 5.56 Å². The SMILES string of the molecule is CC[Si](I)Cc1ccc(OCC(F)(F)F)c(-c2cc(C)c(=O)n(CCO)c2)c1. The zero-order valence-electron chi connectivity index (χ0n) is 15.6. The molecule has 0 aliphatic carbocycles. The number of nitrogens with zero attached hydrogens (tertiary/aromatic N) is 1. The molecule has 0 saturated carbocycles. The van der Waals surface area contributed by atoms with Gasteiger partial charge in [0, 0.05) is 29.4 Å². The summed E-state index contributed by atoms with van der Waals surface area (Å²) in [5.41, 5.74) is 2.33. The Morgan fingerprint density at radius 3 is 2.61 bits per heavy atom. The van der Waals surface area contributed by atoms with Crippen LogP contribution in [0.3, 0.4) is 0 Å². The molecule has 28 heavy (non-hydrogen) atoms. The molecule has 0 fully saturated rings. The molecule has 4 nitrogen and oxygen atoms in total. The molecule has 9 heteroatoms. The maximum atomic E-state index is 12.7. The Labute approximate surface area is 176 Å². The molecule has 1 radical (unpaired) electrons. The van der Waals surface area contributed by atoms with E-state index in [-0.39, 0.29) is 24.5 Å². The molecule has 1 heterocycles. The smallest absolute Gasteiger partial charge is 0.422 e. The third-order valence-electron chi connectivity index (χ3n) is 4.13. The first-order valence-electron chi connectivity index (χ1n) is 8.79. The van der Waals surface area contributed by atoms with Crippen molar-refractivity contribution in [2.45, 2.75) is 38.7 Å². The molecule has 0 aliphatic heterocycles. The summed E-state index contributed by atoms with van der Waals surface area (Å²) in [6.07, 6.45) is -3.48. The Bertz CT molecular complexity index is 870. The van der Waals surface area contributed by atoms with Crippen molar-refractivity contribution >= 4 is 28.1 Å². The summed E-state index contributed by atoms with van der Waals surface area (Å²) in [4.78, 5) is 12.2. The molecule has 0 bridgehead atoms. The lowest BCUT2D eigenvalue weighted by Gasteiger charge is -2.17. The molecule has 0 amide bonds. The third kappa shape index (κ3) is 6.34. The summed E-state index contributed by atoms with van der Waals surface area (Å²) >= 11 is 2.45. The van der Waals surface area contributed by atoms with Crippen molar-refractivity contribution in [3.63, 3.8) is 0 Å². The number of aliphatic hydroxyl groups is 1. The van der Waals surface area contributed by atoms with E-state index in [1.54, 1.807) is 31.3 Å². The van der Waals surface area contributed by atoms with Crippen molar-refractivity contribution in [1.82, 2.24) is 4.57 Å². The van der Waals surface area contributed by atoms with Crippen LogP contribution in [0, 0.1) is 6.92 Å². The fraction of sp³-hybridized carbons (Fsp3) is 0.421. The van der Waals surface area contributed by atoms with E-state index < -0.39 is 19.1 Å². The van der Waals surface area contributed by atoms with Crippen LogP contribution in [0.5, 0.6) is 5.75 Å². The molecule has 1 aromatic carbocycles. The normalized spacial score (nSPS) is 11.9. The second-order valence-electron chi connectivity index (χ2n) is 6.42. The topological polar surface area (TPSA) is 51.5 Å². The summed E-state index contributed by atoms with van der Waals surface area (Å²) < 4.78 is 44.4. The molecule has 2 aromatic rings. The second kappa shape index (κ2) is 9.93. The number of rotatable bonds is 8. The highest BCUT2D eigenvalue weighted by Crippen LogP contribution is 2.33. The number of pyridine rings is 1. The van der Waals surface area contributed by atoms with Gasteiger partial charge in [0.2, 0.25) is 0 Å². The van der Waals surface area contributed by atoms with Crippen molar-refractivity contribution in [1.29, 1.82) is 0 Å². The van der Waals surface area contributed by atoms with Gasteiger partial charge in [-0.2, -0.15) is 13.2 Å². The van der Waals surface area contributed by atoms with Crippen LogP contribution >= 0.6 is 21.8 Å². The minimum atomic E-state index is -4.44. The molecule has 0 atom stereocenters. The van der Waals surface area contributed by atoms with Gasteiger partial charge in [-0.1, -0.05) is 19.0 Å². The molecule has 0 unspecified atom stereocenters. The summed E-state index contributed by atoms with van der Waals surface area (Å²) in [6, 6.07) is 8.80. The lowest BCUT2D eigenvalue weighted by molar-refractivity contribution is -0.153. The highest BCUT2D eigenvalue weighted by atomic mass is 127. The molecule has 0 spiro atoms.